The number of rotatable bonds is 7. The summed E-state index contributed by atoms with van der Waals surface area (Å²) in [4.78, 5) is 24.8. The average Bonchev–Trinajstić information content (AvgIpc) is 2.70. The van der Waals surface area contributed by atoms with Crippen LogP contribution in [-0.4, -0.2) is 29.2 Å². The van der Waals surface area contributed by atoms with E-state index >= 15 is 0 Å². The van der Waals surface area contributed by atoms with Gasteiger partial charge in [-0.25, -0.2) is 9.97 Å². The number of para-hydroxylation sites is 1. The van der Waals surface area contributed by atoms with E-state index < -0.39 is 0 Å². The van der Waals surface area contributed by atoms with Crippen LogP contribution in [0.15, 0.2) is 66.1 Å². The van der Waals surface area contributed by atoms with Gasteiger partial charge in [-0.1, -0.05) is 35.5 Å². The first kappa shape index (κ1) is 18.8. The number of nitrogens with one attached hydrogen (secondary N) is 1. The summed E-state index contributed by atoms with van der Waals surface area (Å²) in [5.74, 6) is 0.918. The minimum atomic E-state index is -0.0958. The maximum atomic E-state index is 12.1. The highest BCUT2D eigenvalue weighted by Crippen LogP contribution is 2.24. The summed E-state index contributed by atoms with van der Waals surface area (Å²) in [6.45, 7) is 0. The van der Waals surface area contributed by atoms with E-state index in [9.17, 15) is 4.79 Å². The number of hydrogen-bond donors (Lipinski definition) is 2. The molecule has 28 heavy (non-hydrogen) atoms. The molecule has 1 heterocycles. The number of amides is 1. The van der Waals surface area contributed by atoms with Crippen LogP contribution in [0.3, 0.4) is 0 Å². The van der Waals surface area contributed by atoms with E-state index in [1.165, 1.54) is 19.7 Å². The molecule has 0 bridgehead atoms. The molecule has 0 atom stereocenters. The van der Waals surface area contributed by atoms with E-state index in [-0.39, 0.29) is 24.0 Å². The Morgan fingerprint density at radius 2 is 1.89 bits per heavy atom. The van der Waals surface area contributed by atoms with E-state index in [1.54, 1.807) is 12.1 Å². The minimum absolute atomic E-state index is 0.0958. The lowest BCUT2D eigenvalue weighted by atomic mass is 10.1. The standard InChI is InChI=1S/C20H19N5O3/c1-27-24-12-17-19(21)22-13-23-20(17)28-16-9-7-14(8-10-16)11-18(26)25-15-5-3-2-4-6-15/h2-10,12-13H,11H2,1H3,(H,25,26)(H2,21,22,23). The first-order valence-electron chi connectivity index (χ1n) is 8.44. The van der Waals surface area contributed by atoms with Gasteiger partial charge < -0.3 is 20.6 Å². The van der Waals surface area contributed by atoms with Crippen molar-refractivity contribution in [2.45, 2.75) is 6.42 Å². The quantitative estimate of drug-likeness (QED) is 0.483. The Morgan fingerprint density at radius 1 is 1.14 bits per heavy atom. The van der Waals surface area contributed by atoms with Crippen molar-refractivity contribution >= 4 is 23.6 Å². The van der Waals surface area contributed by atoms with Crippen molar-refractivity contribution in [1.82, 2.24) is 9.97 Å². The van der Waals surface area contributed by atoms with Crippen LogP contribution in [0.4, 0.5) is 11.5 Å². The molecule has 8 nitrogen and oxygen atoms in total. The zero-order valence-electron chi connectivity index (χ0n) is 15.2. The average molecular weight is 377 g/mol. The van der Waals surface area contributed by atoms with Crippen LogP contribution < -0.4 is 15.8 Å². The lowest BCUT2D eigenvalue weighted by Gasteiger charge is -2.09. The van der Waals surface area contributed by atoms with Gasteiger partial charge in [-0.05, 0) is 29.8 Å². The molecule has 0 aliphatic rings. The van der Waals surface area contributed by atoms with Crippen LogP contribution in [-0.2, 0) is 16.1 Å². The van der Waals surface area contributed by atoms with Crippen LogP contribution >= 0.6 is 0 Å². The molecule has 0 spiro atoms. The molecule has 142 valence electrons. The maximum absolute atomic E-state index is 12.1. The van der Waals surface area contributed by atoms with Crippen LogP contribution in [0.2, 0.25) is 0 Å². The molecule has 3 rings (SSSR count). The Morgan fingerprint density at radius 3 is 2.61 bits per heavy atom. The lowest BCUT2D eigenvalue weighted by molar-refractivity contribution is -0.115. The minimum Gasteiger partial charge on any atom is -0.438 e. The number of benzene rings is 2. The normalized spacial score (nSPS) is 10.6. The Bertz CT molecular complexity index is 959. The molecule has 3 N–H and O–H groups in total. The summed E-state index contributed by atoms with van der Waals surface area (Å²) in [6.07, 6.45) is 2.94. The molecule has 0 aliphatic carbocycles. The third-order valence-electron chi connectivity index (χ3n) is 3.73. The fraction of sp³-hybridized carbons (Fsp3) is 0.100. The molecule has 2 aromatic carbocycles. The topological polar surface area (TPSA) is 112 Å². The van der Waals surface area contributed by atoms with Crippen molar-refractivity contribution in [2.24, 2.45) is 5.16 Å². The zero-order valence-corrected chi connectivity index (χ0v) is 15.2. The number of anilines is 2. The summed E-state index contributed by atoms with van der Waals surface area (Å²) in [7, 11) is 1.42. The van der Waals surface area contributed by atoms with Crippen molar-refractivity contribution in [2.75, 3.05) is 18.2 Å². The van der Waals surface area contributed by atoms with Crippen molar-refractivity contribution in [1.29, 1.82) is 0 Å². The molecule has 8 heteroatoms. The second kappa shape index (κ2) is 9.13. The van der Waals surface area contributed by atoms with Gasteiger partial charge in [0.05, 0.1) is 12.6 Å². The smallest absolute Gasteiger partial charge is 0.233 e. The van der Waals surface area contributed by atoms with Crippen LogP contribution in [0.5, 0.6) is 11.6 Å². The molecule has 0 saturated carbocycles. The van der Waals surface area contributed by atoms with Crippen LogP contribution in [0.1, 0.15) is 11.1 Å². The van der Waals surface area contributed by atoms with Crippen molar-refractivity contribution < 1.29 is 14.4 Å². The van der Waals surface area contributed by atoms with Crippen LogP contribution in [0, 0.1) is 0 Å². The fourth-order valence-corrected chi connectivity index (χ4v) is 2.40. The van der Waals surface area contributed by atoms with Gasteiger partial charge >= 0.3 is 0 Å². The van der Waals surface area contributed by atoms with Gasteiger partial charge in [-0.2, -0.15) is 0 Å². The van der Waals surface area contributed by atoms with Gasteiger partial charge in [0.2, 0.25) is 11.8 Å². The molecular weight excluding hydrogens is 358 g/mol. The number of nitrogens with zero attached hydrogens (tertiary/aromatic N) is 3. The number of aromatic nitrogens is 2. The van der Waals surface area contributed by atoms with Gasteiger partial charge in [0.15, 0.2) is 0 Å². The van der Waals surface area contributed by atoms with Gasteiger partial charge in [0.1, 0.15) is 30.6 Å². The largest absolute Gasteiger partial charge is 0.438 e. The molecule has 1 aromatic heterocycles. The molecule has 0 radical (unpaired) electrons. The van der Waals surface area contributed by atoms with Crippen LogP contribution in [0.25, 0.3) is 0 Å². The predicted molar refractivity (Wildman–Crippen MR) is 106 cm³/mol. The summed E-state index contributed by atoms with van der Waals surface area (Å²) < 4.78 is 5.76. The van der Waals surface area contributed by atoms with E-state index in [1.807, 2.05) is 42.5 Å². The van der Waals surface area contributed by atoms with E-state index in [0.29, 0.717) is 11.3 Å². The molecule has 0 unspecified atom stereocenters. The third kappa shape index (κ3) is 5.04. The fourth-order valence-electron chi connectivity index (χ4n) is 2.40. The SMILES string of the molecule is CON=Cc1c(N)ncnc1Oc1ccc(CC(=O)Nc2ccccc2)cc1. The van der Waals surface area contributed by atoms with E-state index in [4.69, 9.17) is 10.5 Å². The summed E-state index contributed by atoms with van der Waals surface area (Å²) in [5.41, 5.74) is 7.86. The van der Waals surface area contributed by atoms with Gasteiger partial charge in [0.25, 0.3) is 0 Å². The Labute approximate surface area is 162 Å². The summed E-state index contributed by atoms with van der Waals surface area (Å²) >= 11 is 0. The summed E-state index contributed by atoms with van der Waals surface area (Å²) in [5, 5.41) is 6.53. The maximum Gasteiger partial charge on any atom is 0.233 e. The number of carbonyl (C=O) groups is 1. The van der Waals surface area contributed by atoms with Gasteiger partial charge in [-0.3, -0.25) is 4.79 Å². The highest BCUT2D eigenvalue weighted by atomic mass is 16.6. The highest BCUT2D eigenvalue weighted by molar-refractivity contribution is 5.92. The number of nitrogens with two attached hydrogens (primary N) is 1. The number of nitrogen functional groups attached to an aromatic ring is 1. The van der Waals surface area contributed by atoms with E-state index in [0.717, 1.165) is 11.3 Å². The second-order valence-electron chi connectivity index (χ2n) is 5.73. The monoisotopic (exact) mass is 377 g/mol. The molecular formula is C20H19N5O3. The Balaban J connectivity index is 1.66. The molecule has 3 aromatic rings. The molecule has 0 aliphatic heterocycles. The number of ether oxygens (including phenoxy) is 1. The third-order valence-corrected chi connectivity index (χ3v) is 3.73. The van der Waals surface area contributed by atoms with Gasteiger partial charge in [0, 0.05) is 5.69 Å². The lowest BCUT2D eigenvalue weighted by Crippen LogP contribution is -2.14. The van der Waals surface area contributed by atoms with Crippen molar-refractivity contribution in [3.63, 3.8) is 0 Å². The van der Waals surface area contributed by atoms with Crippen molar-refractivity contribution in [3.05, 3.63) is 72.1 Å². The van der Waals surface area contributed by atoms with E-state index in [2.05, 4.69) is 25.3 Å². The first-order chi connectivity index (χ1) is 13.7. The Kier molecular flexibility index (Phi) is 6.14. The molecule has 0 saturated heterocycles. The highest BCUT2D eigenvalue weighted by Gasteiger charge is 2.11. The summed E-state index contributed by atoms with van der Waals surface area (Å²) in [6, 6.07) is 16.4. The number of oxime groups is 1. The predicted octanol–water partition coefficient (Wildman–Crippen LogP) is 3.01. The number of carbonyl (C=O) groups excluding carboxylic acids is 1. The molecule has 1 amide bonds. The molecule has 0 fully saturated rings. The first-order valence-corrected chi connectivity index (χ1v) is 8.44. The number of hydrogen-bond acceptors (Lipinski definition) is 7. The van der Waals surface area contributed by atoms with Gasteiger partial charge in [-0.15, -0.1) is 0 Å². The van der Waals surface area contributed by atoms with Crippen molar-refractivity contribution in [3.8, 4) is 11.6 Å². The zero-order chi connectivity index (χ0) is 19.8. The Hall–Kier alpha value is -3.94. The second-order valence-corrected chi connectivity index (χ2v) is 5.73.